The maximum atomic E-state index is 12.2. The highest BCUT2D eigenvalue weighted by molar-refractivity contribution is 5.88. The third kappa shape index (κ3) is 6.07. The molecule has 7 nitrogen and oxygen atoms in total. The molecule has 0 spiro atoms. The highest BCUT2D eigenvalue weighted by Crippen LogP contribution is 2.21. The van der Waals surface area contributed by atoms with E-state index in [4.69, 9.17) is 4.74 Å². The van der Waals surface area contributed by atoms with E-state index in [0.29, 0.717) is 5.75 Å². The molecule has 3 aromatic rings. The van der Waals surface area contributed by atoms with Gasteiger partial charge in [0.25, 0.3) is 11.8 Å². The van der Waals surface area contributed by atoms with E-state index in [1.54, 1.807) is 13.0 Å². The highest BCUT2D eigenvalue weighted by atomic mass is 16.5. The van der Waals surface area contributed by atoms with E-state index in [-0.39, 0.29) is 18.9 Å². The molecule has 0 aliphatic heterocycles. The number of rotatable bonds is 7. The zero-order chi connectivity index (χ0) is 21.3. The van der Waals surface area contributed by atoms with Crippen molar-refractivity contribution < 1.29 is 19.1 Å². The van der Waals surface area contributed by atoms with E-state index in [1.807, 2.05) is 66.7 Å². The summed E-state index contributed by atoms with van der Waals surface area (Å²) >= 11 is 0. The number of carbonyl (C=O) groups is 3. The molecule has 30 heavy (non-hydrogen) atoms. The van der Waals surface area contributed by atoms with Crippen LogP contribution in [0.15, 0.2) is 72.8 Å². The number of amides is 3. The molecule has 0 fully saturated rings. The van der Waals surface area contributed by atoms with Crippen molar-refractivity contribution in [2.75, 3.05) is 6.54 Å². The Labute approximate surface area is 174 Å². The van der Waals surface area contributed by atoms with Gasteiger partial charge in [-0.15, -0.1) is 0 Å². The Morgan fingerprint density at radius 3 is 2.30 bits per heavy atom. The van der Waals surface area contributed by atoms with Crippen molar-refractivity contribution in [3.8, 4) is 5.75 Å². The van der Waals surface area contributed by atoms with Gasteiger partial charge in [-0.1, -0.05) is 60.7 Å². The molecule has 3 N–H and O–H groups in total. The number of hydrogen-bond acceptors (Lipinski definition) is 4. The summed E-state index contributed by atoms with van der Waals surface area (Å²) in [6, 6.07) is 22.6. The van der Waals surface area contributed by atoms with Crippen LogP contribution in [0.25, 0.3) is 10.8 Å². The van der Waals surface area contributed by atoms with E-state index in [0.717, 1.165) is 16.3 Å². The maximum absolute atomic E-state index is 12.2. The van der Waals surface area contributed by atoms with Gasteiger partial charge in [0.1, 0.15) is 5.75 Å². The first kappa shape index (κ1) is 20.9. The van der Waals surface area contributed by atoms with Gasteiger partial charge in [0.2, 0.25) is 5.91 Å². The van der Waals surface area contributed by atoms with Crippen LogP contribution in [-0.4, -0.2) is 30.4 Å². The summed E-state index contributed by atoms with van der Waals surface area (Å²) < 4.78 is 5.65. The lowest BCUT2D eigenvalue weighted by molar-refractivity contribution is -0.132. The molecular weight excluding hydrogens is 382 g/mol. The first-order valence-electron chi connectivity index (χ1n) is 9.56. The van der Waals surface area contributed by atoms with Crippen molar-refractivity contribution in [3.05, 3.63) is 78.4 Å². The fourth-order valence-corrected chi connectivity index (χ4v) is 2.80. The quantitative estimate of drug-likeness (QED) is 0.525. The summed E-state index contributed by atoms with van der Waals surface area (Å²) in [6.07, 6.45) is -0.643. The van der Waals surface area contributed by atoms with E-state index < -0.39 is 17.9 Å². The molecule has 0 radical (unpaired) electrons. The van der Waals surface area contributed by atoms with Crippen LogP contribution < -0.4 is 20.9 Å². The van der Waals surface area contributed by atoms with Crippen LogP contribution in [0, 0.1) is 0 Å². The fraction of sp³-hybridized carbons (Fsp3) is 0.174. The average molecular weight is 405 g/mol. The van der Waals surface area contributed by atoms with Crippen LogP contribution in [0.4, 0.5) is 0 Å². The molecule has 0 heterocycles. The van der Waals surface area contributed by atoms with Crippen molar-refractivity contribution >= 4 is 28.5 Å². The Balaban J connectivity index is 1.40. The second-order valence-corrected chi connectivity index (χ2v) is 6.75. The molecular formula is C23H23N3O4. The Morgan fingerprint density at radius 1 is 0.833 bits per heavy atom. The van der Waals surface area contributed by atoms with Crippen LogP contribution in [0.5, 0.6) is 5.75 Å². The summed E-state index contributed by atoms with van der Waals surface area (Å²) in [5.74, 6) is -0.777. The Hall–Kier alpha value is -3.87. The van der Waals surface area contributed by atoms with E-state index in [1.165, 1.54) is 0 Å². The number of hydrazine groups is 1. The number of carbonyl (C=O) groups excluding carboxylic acids is 3. The number of nitrogens with one attached hydrogen (secondary N) is 3. The van der Waals surface area contributed by atoms with Gasteiger partial charge in [-0.25, -0.2) is 0 Å². The smallest absolute Gasteiger partial charge is 0.279 e. The van der Waals surface area contributed by atoms with Crippen molar-refractivity contribution in [2.45, 2.75) is 19.4 Å². The summed E-state index contributed by atoms with van der Waals surface area (Å²) in [4.78, 5) is 35.9. The number of hydrogen-bond donors (Lipinski definition) is 3. The monoisotopic (exact) mass is 405 g/mol. The predicted octanol–water partition coefficient (Wildman–Crippen LogP) is 2.11. The summed E-state index contributed by atoms with van der Waals surface area (Å²) in [7, 11) is 0. The zero-order valence-corrected chi connectivity index (χ0v) is 16.6. The Kier molecular flexibility index (Phi) is 7.00. The lowest BCUT2D eigenvalue weighted by Gasteiger charge is -2.15. The molecule has 7 heteroatoms. The molecule has 0 saturated carbocycles. The first-order valence-corrected chi connectivity index (χ1v) is 9.56. The molecule has 3 rings (SSSR count). The third-order valence-electron chi connectivity index (χ3n) is 4.38. The molecule has 3 aromatic carbocycles. The summed E-state index contributed by atoms with van der Waals surface area (Å²) in [5.41, 5.74) is 5.41. The van der Waals surface area contributed by atoms with Gasteiger partial charge in [0, 0.05) is 0 Å². The predicted molar refractivity (Wildman–Crippen MR) is 113 cm³/mol. The molecule has 0 saturated heterocycles. The topological polar surface area (TPSA) is 96.5 Å². The molecule has 0 aromatic heterocycles. The molecule has 1 unspecified atom stereocenters. The standard InChI is InChI=1S/C23H23N3O4/c1-16(30-20-12-11-18-9-5-6-10-19(18)14-20)23(29)26-25-22(28)15-24-21(27)13-17-7-3-2-4-8-17/h2-12,14,16H,13,15H2,1H3,(H,24,27)(H,25,28)(H,26,29). The molecule has 1 atom stereocenters. The largest absolute Gasteiger partial charge is 0.481 e. The normalized spacial score (nSPS) is 11.4. The number of fused-ring (bicyclic) bond motifs is 1. The lowest BCUT2D eigenvalue weighted by atomic mass is 10.1. The minimum absolute atomic E-state index is 0.178. The van der Waals surface area contributed by atoms with Crippen LogP contribution in [0.1, 0.15) is 12.5 Å². The van der Waals surface area contributed by atoms with E-state index >= 15 is 0 Å². The lowest BCUT2D eigenvalue weighted by Crippen LogP contribution is -2.50. The number of benzene rings is 3. The second-order valence-electron chi connectivity index (χ2n) is 6.75. The summed E-state index contributed by atoms with van der Waals surface area (Å²) in [6.45, 7) is 1.34. The minimum Gasteiger partial charge on any atom is -0.481 e. The molecule has 154 valence electrons. The Bertz CT molecular complexity index is 1040. The highest BCUT2D eigenvalue weighted by Gasteiger charge is 2.16. The first-order chi connectivity index (χ1) is 14.5. The molecule has 3 amide bonds. The van der Waals surface area contributed by atoms with Gasteiger partial charge in [0.15, 0.2) is 6.10 Å². The zero-order valence-electron chi connectivity index (χ0n) is 16.6. The average Bonchev–Trinajstić information content (AvgIpc) is 2.76. The van der Waals surface area contributed by atoms with E-state index in [9.17, 15) is 14.4 Å². The second kappa shape index (κ2) is 10.1. The van der Waals surface area contributed by atoms with E-state index in [2.05, 4.69) is 16.2 Å². The van der Waals surface area contributed by atoms with Gasteiger partial charge in [-0.2, -0.15) is 0 Å². The van der Waals surface area contributed by atoms with Crippen LogP contribution in [0.2, 0.25) is 0 Å². The van der Waals surface area contributed by atoms with Gasteiger partial charge < -0.3 is 10.1 Å². The third-order valence-corrected chi connectivity index (χ3v) is 4.38. The van der Waals surface area contributed by atoms with Crippen molar-refractivity contribution in [1.82, 2.24) is 16.2 Å². The number of ether oxygens (including phenoxy) is 1. The minimum atomic E-state index is -0.820. The molecule has 0 bridgehead atoms. The van der Waals surface area contributed by atoms with Crippen molar-refractivity contribution in [1.29, 1.82) is 0 Å². The van der Waals surface area contributed by atoms with Gasteiger partial charge >= 0.3 is 0 Å². The van der Waals surface area contributed by atoms with Crippen LogP contribution in [-0.2, 0) is 20.8 Å². The van der Waals surface area contributed by atoms with Crippen molar-refractivity contribution in [3.63, 3.8) is 0 Å². The van der Waals surface area contributed by atoms with Crippen LogP contribution in [0.3, 0.4) is 0 Å². The maximum Gasteiger partial charge on any atom is 0.279 e. The van der Waals surface area contributed by atoms with Gasteiger partial charge in [0.05, 0.1) is 13.0 Å². The molecule has 0 aliphatic carbocycles. The van der Waals surface area contributed by atoms with Crippen LogP contribution >= 0.6 is 0 Å². The van der Waals surface area contributed by atoms with Gasteiger partial charge in [-0.3, -0.25) is 25.2 Å². The van der Waals surface area contributed by atoms with Gasteiger partial charge in [-0.05, 0) is 35.4 Å². The fourth-order valence-electron chi connectivity index (χ4n) is 2.80. The Morgan fingerprint density at radius 2 is 1.53 bits per heavy atom. The van der Waals surface area contributed by atoms with Crippen molar-refractivity contribution in [2.24, 2.45) is 0 Å². The summed E-state index contributed by atoms with van der Waals surface area (Å²) in [5, 5.41) is 4.58. The molecule has 0 aliphatic rings. The SMILES string of the molecule is CC(Oc1ccc2ccccc2c1)C(=O)NNC(=O)CNC(=O)Cc1ccccc1.